The highest BCUT2D eigenvalue weighted by atomic mass is 32.1. The number of hydrogen-bond acceptors (Lipinski definition) is 6. The zero-order valence-corrected chi connectivity index (χ0v) is 17.6. The first-order valence-corrected chi connectivity index (χ1v) is 10.7. The summed E-state index contributed by atoms with van der Waals surface area (Å²) < 4.78 is 4.89. The van der Waals surface area contributed by atoms with Gasteiger partial charge in [-0.2, -0.15) is 0 Å². The minimum atomic E-state index is -0.273. The van der Waals surface area contributed by atoms with E-state index in [-0.39, 0.29) is 17.4 Å². The molecule has 2 aromatic heterocycles. The van der Waals surface area contributed by atoms with Crippen LogP contribution in [0.5, 0.6) is 0 Å². The van der Waals surface area contributed by atoms with Gasteiger partial charge in [-0.05, 0) is 30.4 Å². The van der Waals surface area contributed by atoms with Crippen LogP contribution in [0.1, 0.15) is 35.2 Å². The SMILES string of the molecule is COC(=O)C(C)CN(Cc1ccccc1)Cc1nc2sc3c(c2c(=O)[nH]1)CCC3. The van der Waals surface area contributed by atoms with E-state index in [1.54, 1.807) is 11.3 Å². The van der Waals surface area contributed by atoms with Gasteiger partial charge in [0.15, 0.2) is 0 Å². The van der Waals surface area contributed by atoms with Crippen LogP contribution >= 0.6 is 11.3 Å². The smallest absolute Gasteiger partial charge is 0.309 e. The monoisotopic (exact) mass is 411 g/mol. The van der Waals surface area contributed by atoms with Gasteiger partial charge in [0.2, 0.25) is 0 Å². The summed E-state index contributed by atoms with van der Waals surface area (Å²) in [5.74, 6) is 0.120. The van der Waals surface area contributed by atoms with Crippen LogP contribution in [-0.4, -0.2) is 34.5 Å². The molecule has 1 aliphatic rings. The van der Waals surface area contributed by atoms with Gasteiger partial charge in [-0.3, -0.25) is 14.5 Å². The van der Waals surface area contributed by atoms with Gasteiger partial charge in [0, 0.05) is 18.0 Å². The first-order valence-electron chi connectivity index (χ1n) is 9.92. The van der Waals surface area contributed by atoms with Crippen molar-refractivity contribution in [1.29, 1.82) is 0 Å². The Morgan fingerprint density at radius 3 is 2.83 bits per heavy atom. The van der Waals surface area contributed by atoms with Gasteiger partial charge in [0.05, 0.1) is 25.0 Å². The number of esters is 1. The second kappa shape index (κ2) is 8.47. The molecule has 0 fully saturated rings. The molecule has 152 valence electrons. The summed E-state index contributed by atoms with van der Waals surface area (Å²) in [6.45, 7) is 3.49. The summed E-state index contributed by atoms with van der Waals surface area (Å²) in [5.41, 5.74) is 2.28. The molecular formula is C22H25N3O3S. The third kappa shape index (κ3) is 4.26. The molecule has 0 saturated heterocycles. The fourth-order valence-corrected chi connectivity index (χ4v) is 5.30. The predicted molar refractivity (Wildman–Crippen MR) is 114 cm³/mol. The van der Waals surface area contributed by atoms with Gasteiger partial charge >= 0.3 is 5.97 Å². The largest absolute Gasteiger partial charge is 0.469 e. The average Bonchev–Trinajstić information content (AvgIpc) is 3.28. The number of hydrogen-bond donors (Lipinski definition) is 1. The highest BCUT2D eigenvalue weighted by molar-refractivity contribution is 7.18. The number of thiophene rings is 1. The third-order valence-corrected chi connectivity index (χ3v) is 6.57. The van der Waals surface area contributed by atoms with Crippen LogP contribution in [0.2, 0.25) is 0 Å². The van der Waals surface area contributed by atoms with Gasteiger partial charge in [0.1, 0.15) is 10.7 Å². The first kappa shape index (κ1) is 19.8. The number of fused-ring (bicyclic) bond motifs is 3. The van der Waals surface area contributed by atoms with Crippen molar-refractivity contribution in [2.75, 3.05) is 13.7 Å². The average molecular weight is 412 g/mol. The molecule has 7 heteroatoms. The second-order valence-electron chi connectivity index (χ2n) is 7.63. The van der Waals surface area contributed by atoms with Crippen molar-refractivity contribution in [3.63, 3.8) is 0 Å². The first-order chi connectivity index (χ1) is 14.0. The number of carbonyl (C=O) groups excluding carboxylic acids is 1. The Morgan fingerprint density at radius 1 is 1.28 bits per heavy atom. The molecule has 2 heterocycles. The Hall–Kier alpha value is -2.51. The Balaban J connectivity index is 1.61. The van der Waals surface area contributed by atoms with Gasteiger partial charge in [-0.1, -0.05) is 37.3 Å². The van der Waals surface area contributed by atoms with Crippen molar-refractivity contribution in [1.82, 2.24) is 14.9 Å². The zero-order chi connectivity index (χ0) is 20.4. The fourth-order valence-electron chi connectivity index (χ4n) is 4.02. The maximum absolute atomic E-state index is 12.8. The van der Waals surface area contributed by atoms with E-state index in [9.17, 15) is 9.59 Å². The number of H-pyrrole nitrogens is 1. The molecule has 0 aliphatic heterocycles. The van der Waals surface area contributed by atoms with Crippen molar-refractivity contribution < 1.29 is 9.53 Å². The molecule has 1 N–H and O–H groups in total. The number of rotatable bonds is 7. The Morgan fingerprint density at radius 2 is 2.07 bits per heavy atom. The highest BCUT2D eigenvalue weighted by Crippen LogP contribution is 2.34. The predicted octanol–water partition coefficient (Wildman–Crippen LogP) is 3.28. The molecule has 6 nitrogen and oxygen atoms in total. The van der Waals surface area contributed by atoms with Crippen LogP contribution in [0, 0.1) is 5.92 Å². The summed E-state index contributed by atoms with van der Waals surface area (Å²) >= 11 is 1.64. The topological polar surface area (TPSA) is 75.3 Å². The van der Waals surface area contributed by atoms with Crippen LogP contribution in [0.15, 0.2) is 35.1 Å². The second-order valence-corrected chi connectivity index (χ2v) is 8.71. The number of methoxy groups -OCH3 is 1. The zero-order valence-electron chi connectivity index (χ0n) is 16.7. The number of aromatic nitrogens is 2. The molecule has 0 amide bonds. The van der Waals surface area contributed by atoms with E-state index in [1.807, 2.05) is 25.1 Å². The van der Waals surface area contributed by atoms with Crippen molar-refractivity contribution in [2.24, 2.45) is 5.92 Å². The quantitative estimate of drug-likeness (QED) is 0.604. The molecule has 0 bridgehead atoms. The molecule has 0 spiro atoms. The lowest BCUT2D eigenvalue weighted by Crippen LogP contribution is -2.33. The Bertz CT molecular complexity index is 1070. The lowest BCUT2D eigenvalue weighted by Gasteiger charge is -2.24. The van der Waals surface area contributed by atoms with E-state index in [0.29, 0.717) is 25.5 Å². The van der Waals surface area contributed by atoms with Crippen LogP contribution in [-0.2, 0) is 35.5 Å². The molecule has 0 saturated carbocycles. The number of carbonyl (C=O) groups is 1. The van der Waals surface area contributed by atoms with E-state index < -0.39 is 0 Å². The molecule has 1 atom stereocenters. The van der Waals surface area contributed by atoms with E-state index in [1.165, 1.54) is 17.6 Å². The third-order valence-electron chi connectivity index (χ3n) is 5.38. The minimum absolute atomic E-state index is 0.0509. The van der Waals surface area contributed by atoms with Crippen molar-refractivity contribution in [3.8, 4) is 0 Å². The van der Waals surface area contributed by atoms with Gasteiger partial charge in [0.25, 0.3) is 5.56 Å². The van der Waals surface area contributed by atoms with Crippen LogP contribution in [0.25, 0.3) is 10.2 Å². The highest BCUT2D eigenvalue weighted by Gasteiger charge is 2.23. The van der Waals surface area contributed by atoms with Crippen molar-refractivity contribution in [2.45, 2.75) is 39.3 Å². The van der Waals surface area contributed by atoms with E-state index in [0.717, 1.165) is 35.0 Å². The van der Waals surface area contributed by atoms with Gasteiger partial charge < -0.3 is 9.72 Å². The molecule has 29 heavy (non-hydrogen) atoms. The maximum atomic E-state index is 12.8. The number of nitrogens with one attached hydrogen (secondary N) is 1. The number of nitrogens with zero attached hydrogens (tertiary/aromatic N) is 2. The van der Waals surface area contributed by atoms with Crippen LogP contribution in [0.4, 0.5) is 0 Å². The van der Waals surface area contributed by atoms with E-state index in [2.05, 4.69) is 22.0 Å². The number of benzene rings is 1. The molecular weight excluding hydrogens is 386 g/mol. The lowest BCUT2D eigenvalue weighted by molar-refractivity contribution is -0.145. The maximum Gasteiger partial charge on any atom is 0.309 e. The molecule has 1 aromatic carbocycles. The standard InChI is InChI=1S/C22H25N3O3S/c1-14(22(27)28-2)11-25(12-15-7-4-3-5-8-15)13-18-23-20(26)19-16-9-6-10-17(16)29-21(19)24-18/h3-5,7-8,14H,6,9-13H2,1-2H3,(H,23,24,26). The summed E-state index contributed by atoms with van der Waals surface area (Å²) in [6, 6.07) is 10.1. The number of aromatic amines is 1. The number of ether oxygens (including phenoxy) is 1. The van der Waals surface area contributed by atoms with Gasteiger partial charge in [-0.25, -0.2) is 4.98 Å². The minimum Gasteiger partial charge on any atom is -0.469 e. The summed E-state index contributed by atoms with van der Waals surface area (Å²) in [4.78, 5) is 36.7. The molecule has 4 rings (SSSR count). The van der Waals surface area contributed by atoms with Crippen molar-refractivity contribution in [3.05, 3.63) is 62.5 Å². The fraction of sp³-hybridized carbons (Fsp3) is 0.409. The number of aryl methyl sites for hydroxylation is 2. The Kier molecular flexibility index (Phi) is 5.78. The van der Waals surface area contributed by atoms with Crippen LogP contribution in [0.3, 0.4) is 0 Å². The summed E-state index contributed by atoms with van der Waals surface area (Å²) in [5, 5.41) is 0.767. The van der Waals surface area contributed by atoms with E-state index >= 15 is 0 Å². The summed E-state index contributed by atoms with van der Waals surface area (Å²) in [7, 11) is 1.41. The molecule has 1 unspecified atom stereocenters. The van der Waals surface area contributed by atoms with Crippen LogP contribution < -0.4 is 5.56 Å². The van der Waals surface area contributed by atoms with E-state index in [4.69, 9.17) is 9.72 Å². The van der Waals surface area contributed by atoms with Crippen molar-refractivity contribution >= 4 is 27.5 Å². The lowest BCUT2D eigenvalue weighted by atomic mass is 10.1. The van der Waals surface area contributed by atoms with Gasteiger partial charge in [-0.15, -0.1) is 11.3 Å². The summed E-state index contributed by atoms with van der Waals surface area (Å²) in [6.07, 6.45) is 3.13. The normalized spacial score (nSPS) is 14.3. The molecule has 3 aromatic rings. The molecule has 1 aliphatic carbocycles. The molecule has 0 radical (unpaired) electrons. The Labute approximate surface area is 173 Å².